The molecule has 0 bridgehead atoms. The highest BCUT2D eigenvalue weighted by Crippen LogP contribution is 2.25. The van der Waals surface area contributed by atoms with Gasteiger partial charge in [-0.1, -0.05) is 18.2 Å². The highest BCUT2D eigenvalue weighted by atomic mass is 16.2. The van der Waals surface area contributed by atoms with Crippen LogP contribution in [0, 0.1) is 0 Å². The first-order chi connectivity index (χ1) is 11.9. The Balaban J connectivity index is 1.99. The number of nitrogens with one attached hydrogen (secondary N) is 3. The molecule has 0 radical (unpaired) electrons. The predicted molar refractivity (Wildman–Crippen MR) is 90.6 cm³/mol. The molecule has 0 spiro atoms. The second-order valence-corrected chi connectivity index (χ2v) is 5.18. The lowest BCUT2D eigenvalue weighted by molar-refractivity contribution is 0.102. The zero-order valence-corrected chi connectivity index (χ0v) is 13.1. The Labute approximate surface area is 140 Å². The Kier molecular flexibility index (Phi) is 4.12. The Morgan fingerprint density at radius 1 is 1.08 bits per heavy atom. The van der Waals surface area contributed by atoms with Crippen LogP contribution in [0.2, 0.25) is 0 Å². The number of anilines is 1. The van der Waals surface area contributed by atoms with E-state index in [-0.39, 0.29) is 11.3 Å². The first-order valence-electron chi connectivity index (χ1n) is 7.23. The second-order valence-electron chi connectivity index (χ2n) is 5.18. The van der Waals surface area contributed by atoms with Gasteiger partial charge in [-0.15, -0.1) is 0 Å². The van der Waals surface area contributed by atoms with Gasteiger partial charge in [-0.05, 0) is 12.1 Å². The molecule has 0 saturated heterocycles. The smallest absolute Gasteiger partial charge is 0.320 e. The van der Waals surface area contributed by atoms with Gasteiger partial charge in [-0.2, -0.15) is 5.10 Å². The second kappa shape index (κ2) is 6.40. The van der Waals surface area contributed by atoms with Crippen LogP contribution in [-0.4, -0.2) is 25.7 Å². The maximum atomic E-state index is 12.3. The molecule has 2 heterocycles. The fourth-order valence-corrected chi connectivity index (χ4v) is 2.24. The van der Waals surface area contributed by atoms with Gasteiger partial charge >= 0.3 is 5.69 Å². The van der Waals surface area contributed by atoms with E-state index in [1.165, 1.54) is 17.8 Å². The standard InChI is InChI=1S/C16H13N5O4/c1-21-14(23)7-6-11(20-21)9-4-2-3-5-10(9)17-15(24)12-8-13(22)19-16(25)18-12/h2-8H,1H3,(H,17,24)(H2,18,19,22,25). The molecule has 3 N–H and O–H groups in total. The molecule has 9 nitrogen and oxygen atoms in total. The van der Waals surface area contributed by atoms with Crippen molar-refractivity contribution in [2.75, 3.05) is 5.32 Å². The van der Waals surface area contributed by atoms with Crippen molar-refractivity contribution in [2.24, 2.45) is 7.05 Å². The van der Waals surface area contributed by atoms with Gasteiger partial charge in [-0.3, -0.25) is 19.4 Å². The quantitative estimate of drug-likeness (QED) is 0.622. The van der Waals surface area contributed by atoms with Crippen molar-refractivity contribution in [1.82, 2.24) is 19.7 Å². The zero-order chi connectivity index (χ0) is 18.0. The number of aromatic amines is 2. The van der Waals surface area contributed by atoms with Crippen molar-refractivity contribution >= 4 is 11.6 Å². The van der Waals surface area contributed by atoms with Gasteiger partial charge in [0.1, 0.15) is 5.69 Å². The zero-order valence-electron chi connectivity index (χ0n) is 13.1. The fourth-order valence-electron chi connectivity index (χ4n) is 2.24. The van der Waals surface area contributed by atoms with Gasteiger partial charge in [0.2, 0.25) is 0 Å². The Morgan fingerprint density at radius 3 is 2.56 bits per heavy atom. The van der Waals surface area contributed by atoms with Gasteiger partial charge in [0.05, 0.1) is 11.4 Å². The largest absolute Gasteiger partial charge is 0.326 e. The lowest BCUT2D eigenvalue weighted by Crippen LogP contribution is -2.27. The van der Waals surface area contributed by atoms with Crippen molar-refractivity contribution in [1.29, 1.82) is 0 Å². The minimum Gasteiger partial charge on any atom is -0.320 e. The van der Waals surface area contributed by atoms with E-state index >= 15 is 0 Å². The third kappa shape index (κ3) is 3.44. The summed E-state index contributed by atoms with van der Waals surface area (Å²) in [6.07, 6.45) is 0. The molecule has 3 aromatic rings. The van der Waals surface area contributed by atoms with Crippen LogP contribution in [0.5, 0.6) is 0 Å². The van der Waals surface area contributed by atoms with Crippen LogP contribution in [0.25, 0.3) is 11.3 Å². The van der Waals surface area contributed by atoms with Crippen molar-refractivity contribution in [3.05, 3.63) is 79.4 Å². The van der Waals surface area contributed by atoms with E-state index in [2.05, 4.69) is 15.4 Å². The lowest BCUT2D eigenvalue weighted by Gasteiger charge is -2.11. The van der Waals surface area contributed by atoms with Crippen molar-refractivity contribution in [3.63, 3.8) is 0 Å². The Morgan fingerprint density at radius 2 is 1.84 bits per heavy atom. The SMILES string of the molecule is Cn1nc(-c2ccccc2NC(=O)c2cc(=O)[nH]c(=O)[nH]2)ccc1=O. The summed E-state index contributed by atoms with van der Waals surface area (Å²) in [6, 6.07) is 10.7. The third-order valence-corrected chi connectivity index (χ3v) is 3.42. The van der Waals surface area contributed by atoms with Gasteiger partial charge in [0, 0.05) is 24.7 Å². The van der Waals surface area contributed by atoms with E-state index in [0.717, 1.165) is 6.07 Å². The third-order valence-electron chi connectivity index (χ3n) is 3.42. The number of nitrogens with zero attached hydrogens (tertiary/aromatic N) is 2. The number of hydrogen-bond donors (Lipinski definition) is 3. The summed E-state index contributed by atoms with van der Waals surface area (Å²) in [5.41, 5.74) is -0.397. The number of benzene rings is 1. The number of carbonyl (C=O) groups is 1. The van der Waals surface area contributed by atoms with Crippen LogP contribution < -0.4 is 22.1 Å². The van der Waals surface area contributed by atoms with E-state index in [0.29, 0.717) is 16.9 Å². The molecule has 0 saturated carbocycles. The molecular weight excluding hydrogens is 326 g/mol. The van der Waals surface area contributed by atoms with Gasteiger partial charge in [0.15, 0.2) is 0 Å². The van der Waals surface area contributed by atoms with E-state index in [1.807, 2.05) is 4.98 Å². The number of H-pyrrole nitrogens is 2. The highest BCUT2D eigenvalue weighted by Gasteiger charge is 2.13. The number of aryl methyl sites for hydroxylation is 1. The number of para-hydroxylation sites is 1. The maximum absolute atomic E-state index is 12.3. The molecule has 25 heavy (non-hydrogen) atoms. The molecular formula is C16H13N5O4. The fraction of sp³-hybridized carbons (Fsp3) is 0.0625. The molecule has 3 rings (SSSR count). The summed E-state index contributed by atoms with van der Waals surface area (Å²) in [5.74, 6) is -0.652. The number of amides is 1. The van der Waals surface area contributed by atoms with Crippen LogP contribution in [0.3, 0.4) is 0 Å². The molecule has 9 heteroatoms. The molecule has 2 aromatic heterocycles. The molecule has 1 amide bonds. The van der Waals surface area contributed by atoms with Crippen LogP contribution in [0.15, 0.2) is 56.8 Å². The van der Waals surface area contributed by atoms with E-state index in [9.17, 15) is 19.2 Å². The van der Waals surface area contributed by atoms with Crippen LogP contribution >= 0.6 is 0 Å². The summed E-state index contributed by atoms with van der Waals surface area (Å²) in [7, 11) is 1.52. The first-order valence-corrected chi connectivity index (χ1v) is 7.23. The monoisotopic (exact) mass is 339 g/mol. The van der Waals surface area contributed by atoms with Gasteiger partial charge < -0.3 is 10.3 Å². The summed E-state index contributed by atoms with van der Waals surface area (Å²) in [4.78, 5) is 50.7. The Hall–Kier alpha value is -3.75. The average Bonchev–Trinajstić information content (AvgIpc) is 2.57. The minimum absolute atomic E-state index is 0.169. The Bertz CT molecular complexity index is 1100. The van der Waals surface area contributed by atoms with E-state index < -0.39 is 17.2 Å². The molecule has 0 atom stereocenters. The molecule has 0 aliphatic heterocycles. The summed E-state index contributed by atoms with van der Waals surface area (Å²) < 4.78 is 1.18. The number of aromatic nitrogens is 4. The number of hydrogen-bond acceptors (Lipinski definition) is 5. The first kappa shape index (κ1) is 16.1. The van der Waals surface area contributed by atoms with Crippen LogP contribution in [0.1, 0.15) is 10.5 Å². The normalized spacial score (nSPS) is 10.4. The molecule has 0 fully saturated rings. The predicted octanol–water partition coefficient (Wildman–Crippen LogP) is 0.0762. The lowest BCUT2D eigenvalue weighted by atomic mass is 10.1. The topological polar surface area (TPSA) is 130 Å². The minimum atomic E-state index is -0.773. The summed E-state index contributed by atoms with van der Waals surface area (Å²) in [5, 5.41) is 6.78. The molecule has 0 unspecified atom stereocenters. The van der Waals surface area contributed by atoms with E-state index in [1.54, 1.807) is 30.3 Å². The maximum Gasteiger partial charge on any atom is 0.326 e. The number of rotatable bonds is 3. The highest BCUT2D eigenvalue weighted by molar-refractivity contribution is 6.04. The summed E-state index contributed by atoms with van der Waals surface area (Å²) in [6.45, 7) is 0. The van der Waals surface area contributed by atoms with Crippen molar-refractivity contribution < 1.29 is 4.79 Å². The molecule has 0 aliphatic rings. The van der Waals surface area contributed by atoms with E-state index in [4.69, 9.17) is 0 Å². The molecule has 126 valence electrons. The van der Waals surface area contributed by atoms with Crippen LogP contribution in [-0.2, 0) is 7.05 Å². The van der Waals surface area contributed by atoms with Gasteiger partial charge in [0.25, 0.3) is 17.0 Å². The van der Waals surface area contributed by atoms with Crippen LogP contribution in [0.4, 0.5) is 5.69 Å². The molecule has 0 aliphatic carbocycles. The van der Waals surface area contributed by atoms with Crippen molar-refractivity contribution in [3.8, 4) is 11.3 Å². The average molecular weight is 339 g/mol. The number of carbonyl (C=O) groups excluding carboxylic acids is 1. The summed E-state index contributed by atoms with van der Waals surface area (Å²) >= 11 is 0. The van der Waals surface area contributed by atoms with Crippen molar-refractivity contribution in [2.45, 2.75) is 0 Å². The van der Waals surface area contributed by atoms with Gasteiger partial charge in [-0.25, -0.2) is 9.48 Å². The molecule has 1 aromatic carbocycles.